The molecule has 6 N–H and O–H groups in total. The summed E-state index contributed by atoms with van der Waals surface area (Å²) >= 11 is 0. The molecule has 0 amide bonds. The summed E-state index contributed by atoms with van der Waals surface area (Å²) in [6.45, 7) is 1.31. The molecule has 2 fully saturated rings. The van der Waals surface area contributed by atoms with Crippen LogP contribution in [0.1, 0.15) is 6.92 Å². The number of rotatable bonds is 3. The van der Waals surface area contributed by atoms with Crippen molar-refractivity contribution in [3.63, 3.8) is 0 Å². The van der Waals surface area contributed by atoms with Crippen LogP contribution in [0.2, 0.25) is 0 Å². The molecule has 0 bridgehead atoms. The van der Waals surface area contributed by atoms with Gasteiger partial charge in [-0.2, -0.15) is 0 Å². The number of ether oxygens (including phenoxy) is 2. The first-order valence-corrected chi connectivity index (χ1v) is 8.17. The predicted octanol–water partition coefficient (Wildman–Crippen LogP) is -3.64. The minimum absolute atomic E-state index is 0.280. The smallest absolute Gasteiger partial charge is 0.173 e. The number of aliphatic hydroxyl groups is 6. The molecule has 0 aromatic rings. The lowest BCUT2D eigenvalue weighted by molar-refractivity contribution is -0.268. The normalized spacial score (nSPS) is 44.8. The number of aliphatic hydroxyl groups excluding tert-OH is 6. The van der Waals surface area contributed by atoms with Crippen LogP contribution in [0.5, 0.6) is 0 Å². The van der Waals surface area contributed by atoms with Gasteiger partial charge in [0.2, 0.25) is 0 Å². The lowest BCUT2D eigenvalue weighted by atomic mass is 9.96. The molecule has 25 heavy (non-hydrogen) atoms. The van der Waals surface area contributed by atoms with Crippen molar-refractivity contribution in [2.75, 3.05) is 34.8 Å². The summed E-state index contributed by atoms with van der Waals surface area (Å²) in [5, 5.41) is 56.2. The third kappa shape index (κ3) is 5.30. The van der Waals surface area contributed by atoms with E-state index in [0.29, 0.717) is 0 Å². The second-order valence-corrected chi connectivity index (χ2v) is 6.86. The van der Waals surface area contributed by atoms with Crippen LogP contribution in [0.4, 0.5) is 0 Å². The van der Waals surface area contributed by atoms with Crippen molar-refractivity contribution in [2.45, 2.75) is 62.1 Å². The van der Waals surface area contributed by atoms with Gasteiger partial charge < -0.3 is 40.1 Å². The minimum atomic E-state index is -1.21. The zero-order valence-corrected chi connectivity index (χ0v) is 15.3. The summed E-state index contributed by atoms with van der Waals surface area (Å²) in [7, 11) is 6.93. The molecule has 9 atom stereocenters. The van der Waals surface area contributed by atoms with Crippen LogP contribution >= 0.6 is 0 Å². The van der Waals surface area contributed by atoms with Crippen LogP contribution in [-0.4, -0.2) is 130 Å². The maximum atomic E-state index is 9.64. The molecule has 0 radical (unpaired) electrons. The topological polar surface area (TPSA) is 146 Å². The Kier molecular flexibility index (Phi) is 8.61. The fraction of sp³-hybridized carbons (Fsp3) is 1.00. The van der Waals surface area contributed by atoms with Gasteiger partial charge in [0.25, 0.3) is 0 Å². The van der Waals surface area contributed by atoms with Crippen LogP contribution in [0.25, 0.3) is 0 Å². The van der Waals surface area contributed by atoms with E-state index in [9.17, 15) is 25.5 Å². The second kappa shape index (κ2) is 9.51. The van der Waals surface area contributed by atoms with Gasteiger partial charge in [0.15, 0.2) is 12.6 Å². The van der Waals surface area contributed by atoms with Crippen LogP contribution in [0, 0.1) is 0 Å². The Labute approximate surface area is 147 Å². The van der Waals surface area contributed by atoms with E-state index < -0.39 is 49.6 Å². The van der Waals surface area contributed by atoms with Crippen molar-refractivity contribution in [3.05, 3.63) is 0 Å². The van der Waals surface area contributed by atoms with Gasteiger partial charge in [0.05, 0.1) is 24.8 Å². The summed E-state index contributed by atoms with van der Waals surface area (Å²) in [5.74, 6) is 0. The molecular formula is C15H32N2O8. The molecule has 2 saturated heterocycles. The first kappa shape index (κ1) is 22.6. The molecule has 0 aromatic carbocycles. The second-order valence-electron chi connectivity index (χ2n) is 6.86. The maximum Gasteiger partial charge on any atom is 0.173 e. The molecule has 2 unspecified atom stereocenters. The summed E-state index contributed by atoms with van der Waals surface area (Å²) < 4.78 is 9.96. The molecule has 10 heteroatoms. The van der Waals surface area contributed by atoms with Crippen molar-refractivity contribution in [3.8, 4) is 0 Å². The summed E-state index contributed by atoms with van der Waals surface area (Å²) in [4.78, 5) is 3.32. The molecular weight excluding hydrogens is 336 g/mol. The van der Waals surface area contributed by atoms with Gasteiger partial charge in [-0.3, -0.25) is 9.80 Å². The first-order chi connectivity index (χ1) is 11.5. The zero-order valence-electron chi connectivity index (χ0n) is 15.3. The Morgan fingerprint density at radius 3 is 1.48 bits per heavy atom. The van der Waals surface area contributed by atoms with Crippen molar-refractivity contribution in [2.24, 2.45) is 0 Å². The van der Waals surface area contributed by atoms with Gasteiger partial charge in [0.1, 0.15) is 24.4 Å². The lowest BCUT2D eigenvalue weighted by Gasteiger charge is -2.42. The molecule has 150 valence electrons. The standard InChI is InChI=1S/C8H17NO5.C7H15NO3/c1-9(2)5-7(12)6(11)4(3-10)14-8(5)13;1-4-6(9)5(8(2)3)7(10)11-4/h4-8,10-13H,3H2,1-2H3;4-7,9-10H,1-3H3/t4-,5+,6-,7-,8?;4-,5-,6-,7?/m11/s1. The van der Waals surface area contributed by atoms with Gasteiger partial charge in [-0.15, -0.1) is 0 Å². The SMILES string of the molecule is CN(C)[C@@H]1C(O)O[C@H](CO)[C@@H](O)[C@@H]1O.C[C@H]1OC(O)[C@H](N(C)C)[C@@H]1O. The third-order valence-electron chi connectivity index (χ3n) is 4.54. The van der Waals surface area contributed by atoms with Crippen molar-refractivity contribution >= 4 is 0 Å². The molecule has 2 aliphatic heterocycles. The van der Waals surface area contributed by atoms with Crippen LogP contribution < -0.4 is 0 Å². The molecule has 0 saturated carbocycles. The van der Waals surface area contributed by atoms with Crippen LogP contribution in [-0.2, 0) is 9.47 Å². The van der Waals surface area contributed by atoms with Gasteiger partial charge in [-0.1, -0.05) is 0 Å². The van der Waals surface area contributed by atoms with E-state index in [1.165, 1.54) is 0 Å². The lowest BCUT2D eigenvalue weighted by Crippen LogP contribution is -2.62. The fourth-order valence-corrected chi connectivity index (χ4v) is 3.03. The van der Waals surface area contributed by atoms with Crippen molar-refractivity contribution < 1.29 is 40.1 Å². The van der Waals surface area contributed by atoms with Gasteiger partial charge in [-0.25, -0.2) is 0 Å². The molecule has 2 rings (SSSR count). The Hall–Kier alpha value is -0.400. The minimum Gasteiger partial charge on any atom is -0.394 e. The highest BCUT2D eigenvalue weighted by Crippen LogP contribution is 2.23. The average molecular weight is 368 g/mol. The first-order valence-electron chi connectivity index (χ1n) is 8.17. The van der Waals surface area contributed by atoms with Crippen LogP contribution in [0.3, 0.4) is 0 Å². The Morgan fingerprint density at radius 2 is 1.16 bits per heavy atom. The third-order valence-corrected chi connectivity index (χ3v) is 4.54. The average Bonchev–Trinajstić information content (AvgIpc) is 2.76. The van der Waals surface area contributed by atoms with E-state index >= 15 is 0 Å². The maximum absolute atomic E-state index is 9.64. The fourth-order valence-electron chi connectivity index (χ4n) is 3.03. The van der Waals surface area contributed by atoms with Gasteiger partial charge >= 0.3 is 0 Å². The molecule has 2 aliphatic rings. The summed E-state index contributed by atoms with van der Waals surface area (Å²) in [6, 6.07) is -0.988. The number of nitrogens with zero attached hydrogens (tertiary/aromatic N) is 2. The van der Waals surface area contributed by atoms with E-state index in [1.54, 1.807) is 44.9 Å². The van der Waals surface area contributed by atoms with E-state index in [2.05, 4.69) is 0 Å². The quantitative estimate of drug-likeness (QED) is 0.295. The Balaban J connectivity index is 0.000000257. The van der Waals surface area contributed by atoms with E-state index in [-0.39, 0.29) is 12.1 Å². The van der Waals surface area contributed by atoms with Gasteiger partial charge in [0, 0.05) is 0 Å². The van der Waals surface area contributed by atoms with Crippen molar-refractivity contribution in [1.82, 2.24) is 9.80 Å². The predicted molar refractivity (Wildman–Crippen MR) is 87.5 cm³/mol. The largest absolute Gasteiger partial charge is 0.394 e. The van der Waals surface area contributed by atoms with Gasteiger partial charge in [-0.05, 0) is 35.1 Å². The van der Waals surface area contributed by atoms with E-state index in [4.69, 9.17) is 14.6 Å². The molecule has 10 nitrogen and oxygen atoms in total. The number of hydrogen-bond donors (Lipinski definition) is 6. The summed E-state index contributed by atoms with van der Waals surface area (Å²) in [6.07, 6.45) is -6.20. The highest BCUT2D eigenvalue weighted by atomic mass is 16.6. The number of likely N-dealkylation sites (N-methyl/N-ethyl adjacent to an activating group) is 2. The van der Waals surface area contributed by atoms with E-state index in [0.717, 1.165) is 0 Å². The zero-order chi connectivity index (χ0) is 19.5. The molecule has 0 spiro atoms. The number of hydrogen-bond acceptors (Lipinski definition) is 10. The Morgan fingerprint density at radius 1 is 0.720 bits per heavy atom. The van der Waals surface area contributed by atoms with Crippen LogP contribution in [0.15, 0.2) is 0 Å². The molecule has 0 aromatic heterocycles. The molecule has 2 heterocycles. The monoisotopic (exact) mass is 368 g/mol. The van der Waals surface area contributed by atoms with Crippen molar-refractivity contribution in [1.29, 1.82) is 0 Å². The van der Waals surface area contributed by atoms with E-state index in [1.807, 2.05) is 0 Å². The summed E-state index contributed by atoms with van der Waals surface area (Å²) in [5.41, 5.74) is 0. The Bertz CT molecular complexity index is 400. The highest BCUT2D eigenvalue weighted by Gasteiger charge is 2.44. The molecule has 0 aliphatic carbocycles. The highest BCUT2D eigenvalue weighted by molar-refractivity contribution is 4.92.